The second kappa shape index (κ2) is 4.30. The van der Waals surface area contributed by atoms with Gasteiger partial charge >= 0.3 is 6.03 Å². The van der Waals surface area contributed by atoms with Crippen molar-refractivity contribution >= 4 is 6.03 Å². The van der Waals surface area contributed by atoms with Crippen LogP contribution in [0.5, 0.6) is 0 Å². The van der Waals surface area contributed by atoms with Gasteiger partial charge in [-0.25, -0.2) is 4.79 Å². The average Bonchev–Trinajstić information content (AvgIpc) is 2.06. The van der Waals surface area contributed by atoms with Gasteiger partial charge in [0.25, 0.3) is 0 Å². The first kappa shape index (κ1) is 9.32. The number of nitrogens with one attached hydrogen (secondary N) is 1. The molecular weight excluding hydrogens is 156 g/mol. The molecule has 1 aliphatic heterocycles. The summed E-state index contributed by atoms with van der Waals surface area (Å²) in [6, 6.07) is 0.166. The van der Waals surface area contributed by atoms with E-state index in [0.717, 1.165) is 19.4 Å². The molecule has 2 amide bonds. The average molecular weight is 172 g/mol. The van der Waals surface area contributed by atoms with Crippen molar-refractivity contribution in [3.8, 4) is 0 Å². The molecule has 0 aromatic heterocycles. The molecule has 70 valence electrons. The standard InChI is InChI=1S/C8H16N2O2/c1-10(2)8(11)9-7-4-3-5-12-6-7/h7H,3-6H2,1-2H3,(H,9,11). The zero-order valence-electron chi connectivity index (χ0n) is 7.67. The highest BCUT2D eigenvalue weighted by atomic mass is 16.5. The number of nitrogens with zero attached hydrogens (tertiary/aromatic N) is 1. The Morgan fingerprint density at radius 1 is 1.58 bits per heavy atom. The van der Waals surface area contributed by atoms with Crippen LogP contribution in [0.4, 0.5) is 4.79 Å². The number of urea groups is 1. The van der Waals surface area contributed by atoms with Crippen LogP contribution in [0.2, 0.25) is 0 Å². The molecule has 1 saturated heterocycles. The van der Waals surface area contributed by atoms with Gasteiger partial charge in [0.05, 0.1) is 12.6 Å². The Morgan fingerprint density at radius 2 is 2.33 bits per heavy atom. The molecule has 0 aliphatic carbocycles. The van der Waals surface area contributed by atoms with Gasteiger partial charge in [0.15, 0.2) is 0 Å². The summed E-state index contributed by atoms with van der Waals surface area (Å²) in [5, 5.41) is 2.88. The Balaban J connectivity index is 2.24. The first-order valence-electron chi connectivity index (χ1n) is 4.25. The van der Waals surface area contributed by atoms with Crippen molar-refractivity contribution in [3.05, 3.63) is 0 Å². The zero-order chi connectivity index (χ0) is 8.97. The number of hydrogen-bond acceptors (Lipinski definition) is 2. The largest absolute Gasteiger partial charge is 0.379 e. The molecule has 1 fully saturated rings. The highest BCUT2D eigenvalue weighted by molar-refractivity contribution is 5.73. The molecule has 1 heterocycles. The smallest absolute Gasteiger partial charge is 0.317 e. The van der Waals surface area contributed by atoms with E-state index < -0.39 is 0 Å². The number of carbonyl (C=O) groups excluding carboxylic acids is 1. The maximum absolute atomic E-state index is 11.2. The van der Waals surface area contributed by atoms with Crippen molar-refractivity contribution in [2.75, 3.05) is 27.3 Å². The SMILES string of the molecule is CN(C)C(=O)NC1CCCOC1. The van der Waals surface area contributed by atoms with Crippen molar-refractivity contribution in [1.82, 2.24) is 10.2 Å². The molecular formula is C8H16N2O2. The van der Waals surface area contributed by atoms with E-state index in [0.29, 0.717) is 6.61 Å². The van der Waals surface area contributed by atoms with E-state index in [1.54, 1.807) is 14.1 Å². The summed E-state index contributed by atoms with van der Waals surface area (Å²) in [5.41, 5.74) is 0. The van der Waals surface area contributed by atoms with Crippen LogP contribution in [0.3, 0.4) is 0 Å². The summed E-state index contributed by atoms with van der Waals surface area (Å²) in [6.45, 7) is 1.48. The van der Waals surface area contributed by atoms with Crippen LogP contribution in [0, 0.1) is 0 Å². The maximum Gasteiger partial charge on any atom is 0.317 e. The molecule has 0 aromatic carbocycles. The minimum absolute atomic E-state index is 0.0366. The third-order valence-electron chi connectivity index (χ3n) is 1.89. The van der Waals surface area contributed by atoms with Gasteiger partial charge in [-0.3, -0.25) is 0 Å². The molecule has 12 heavy (non-hydrogen) atoms. The van der Waals surface area contributed by atoms with Gasteiger partial charge in [-0.15, -0.1) is 0 Å². The molecule has 1 aliphatic rings. The van der Waals surface area contributed by atoms with Gasteiger partial charge < -0.3 is 15.0 Å². The van der Waals surface area contributed by atoms with E-state index in [-0.39, 0.29) is 12.1 Å². The second-order valence-electron chi connectivity index (χ2n) is 3.26. The van der Waals surface area contributed by atoms with E-state index in [1.165, 1.54) is 4.90 Å². The number of rotatable bonds is 1. The minimum Gasteiger partial charge on any atom is -0.379 e. The van der Waals surface area contributed by atoms with Crippen molar-refractivity contribution in [2.45, 2.75) is 18.9 Å². The van der Waals surface area contributed by atoms with Gasteiger partial charge in [-0.2, -0.15) is 0 Å². The summed E-state index contributed by atoms with van der Waals surface area (Å²) in [5.74, 6) is 0. The molecule has 1 atom stereocenters. The van der Waals surface area contributed by atoms with Crippen LogP contribution >= 0.6 is 0 Å². The van der Waals surface area contributed by atoms with Gasteiger partial charge in [0, 0.05) is 20.7 Å². The highest BCUT2D eigenvalue weighted by Crippen LogP contribution is 2.05. The van der Waals surface area contributed by atoms with E-state index in [2.05, 4.69) is 5.32 Å². The van der Waals surface area contributed by atoms with Gasteiger partial charge in [-0.05, 0) is 12.8 Å². The third-order valence-corrected chi connectivity index (χ3v) is 1.89. The lowest BCUT2D eigenvalue weighted by Crippen LogP contribution is -2.45. The Kier molecular flexibility index (Phi) is 3.34. The predicted molar refractivity (Wildman–Crippen MR) is 46.1 cm³/mol. The lowest BCUT2D eigenvalue weighted by atomic mass is 10.1. The van der Waals surface area contributed by atoms with Crippen molar-refractivity contribution in [2.24, 2.45) is 0 Å². The molecule has 1 unspecified atom stereocenters. The van der Waals surface area contributed by atoms with E-state index in [9.17, 15) is 4.79 Å². The fraction of sp³-hybridized carbons (Fsp3) is 0.875. The monoisotopic (exact) mass is 172 g/mol. The summed E-state index contributed by atoms with van der Waals surface area (Å²) in [6.07, 6.45) is 2.07. The zero-order valence-corrected chi connectivity index (χ0v) is 7.67. The summed E-state index contributed by atoms with van der Waals surface area (Å²) < 4.78 is 5.23. The van der Waals surface area contributed by atoms with Crippen LogP contribution in [0.15, 0.2) is 0 Å². The molecule has 0 saturated carbocycles. The molecule has 0 spiro atoms. The lowest BCUT2D eigenvalue weighted by Gasteiger charge is -2.24. The third kappa shape index (κ3) is 2.70. The topological polar surface area (TPSA) is 41.6 Å². The molecule has 0 aromatic rings. The molecule has 4 nitrogen and oxygen atoms in total. The van der Waals surface area contributed by atoms with Gasteiger partial charge in [0.1, 0.15) is 0 Å². The van der Waals surface area contributed by atoms with Crippen LogP contribution in [-0.2, 0) is 4.74 Å². The van der Waals surface area contributed by atoms with E-state index in [1.807, 2.05) is 0 Å². The van der Waals surface area contributed by atoms with Crippen molar-refractivity contribution in [1.29, 1.82) is 0 Å². The summed E-state index contributed by atoms with van der Waals surface area (Å²) in [4.78, 5) is 12.7. The minimum atomic E-state index is -0.0366. The number of amides is 2. The predicted octanol–water partition coefficient (Wildman–Crippen LogP) is 0.437. The second-order valence-corrected chi connectivity index (χ2v) is 3.26. The lowest BCUT2D eigenvalue weighted by molar-refractivity contribution is 0.0717. The number of ether oxygens (including phenoxy) is 1. The first-order valence-corrected chi connectivity index (χ1v) is 4.25. The molecule has 1 N–H and O–H groups in total. The Morgan fingerprint density at radius 3 is 2.83 bits per heavy atom. The van der Waals surface area contributed by atoms with E-state index >= 15 is 0 Å². The fourth-order valence-corrected chi connectivity index (χ4v) is 1.16. The van der Waals surface area contributed by atoms with E-state index in [4.69, 9.17) is 4.74 Å². The number of hydrogen-bond donors (Lipinski definition) is 1. The molecule has 4 heteroatoms. The van der Waals surface area contributed by atoms with Crippen molar-refractivity contribution < 1.29 is 9.53 Å². The first-order chi connectivity index (χ1) is 5.70. The quantitative estimate of drug-likeness (QED) is 0.623. The summed E-state index contributed by atoms with van der Waals surface area (Å²) in [7, 11) is 3.47. The van der Waals surface area contributed by atoms with Gasteiger partial charge in [-0.1, -0.05) is 0 Å². The Hall–Kier alpha value is -0.770. The van der Waals surface area contributed by atoms with Crippen LogP contribution in [-0.4, -0.2) is 44.3 Å². The normalized spacial score (nSPS) is 23.3. The fourth-order valence-electron chi connectivity index (χ4n) is 1.16. The maximum atomic E-state index is 11.2. The Labute approximate surface area is 72.9 Å². The van der Waals surface area contributed by atoms with Crippen LogP contribution < -0.4 is 5.32 Å². The Bertz CT molecular complexity index is 153. The summed E-state index contributed by atoms with van der Waals surface area (Å²) >= 11 is 0. The van der Waals surface area contributed by atoms with Crippen LogP contribution in [0.25, 0.3) is 0 Å². The van der Waals surface area contributed by atoms with Gasteiger partial charge in [0.2, 0.25) is 0 Å². The number of carbonyl (C=O) groups is 1. The molecule has 0 radical (unpaired) electrons. The van der Waals surface area contributed by atoms with Crippen LogP contribution in [0.1, 0.15) is 12.8 Å². The molecule has 0 bridgehead atoms. The van der Waals surface area contributed by atoms with Crippen molar-refractivity contribution in [3.63, 3.8) is 0 Å². The highest BCUT2D eigenvalue weighted by Gasteiger charge is 2.16. The molecule has 1 rings (SSSR count).